The Bertz CT molecular complexity index is 766. The molecule has 0 aliphatic rings. The Morgan fingerprint density at radius 1 is 0.373 bits per heavy atom. The third-order valence-corrected chi connectivity index (χ3v) is 10.0. The van der Waals surface area contributed by atoms with Gasteiger partial charge in [-0.15, -0.1) is 0 Å². The van der Waals surface area contributed by atoms with Crippen LogP contribution in [0.2, 0.25) is 0 Å². The minimum Gasteiger partial charge on any atom is -0.462 e. The highest BCUT2D eigenvalue weighted by Gasteiger charge is 2.19. The second-order valence-corrected chi connectivity index (χ2v) is 15.8. The Labute approximate surface area is 317 Å². The van der Waals surface area contributed by atoms with Gasteiger partial charge in [0.25, 0.3) is 0 Å². The SMILES string of the molecule is CCCCCCCCCCCCCCC(=O)OC[C@H](COC(=O)CCCCCCCCCCCC(C)C)OC(=O)CCCCCCCCCCC. The average molecular weight is 723 g/mol. The fraction of sp³-hybridized carbons (Fsp3) is 0.933. The van der Waals surface area contributed by atoms with Crippen molar-refractivity contribution in [2.45, 2.75) is 252 Å². The van der Waals surface area contributed by atoms with Gasteiger partial charge < -0.3 is 14.2 Å². The molecule has 0 rings (SSSR count). The van der Waals surface area contributed by atoms with Crippen LogP contribution in [0.3, 0.4) is 0 Å². The summed E-state index contributed by atoms with van der Waals surface area (Å²) in [7, 11) is 0. The van der Waals surface area contributed by atoms with Gasteiger partial charge in [0.05, 0.1) is 0 Å². The van der Waals surface area contributed by atoms with Gasteiger partial charge in [0.15, 0.2) is 6.10 Å². The van der Waals surface area contributed by atoms with E-state index in [-0.39, 0.29) is 31.1 Å². The lowest BCUT2D eigenvalue weighted by atomic mass is 10.0. The third-order valence-electron chi connectivity index (χ3n) is 10.0. The summed E-state index contributed by atoms with van der Waals surface area (Å²) in [6, 6.07) is 0. The molecule has 302 valence electrons. The van der Waals surface area contributed by atoms with E-state index in [4.69, 9.17) is 14.2 Å². The zero-order valence-electron chi connectivity index (χ0n) is 34.6. The van der Waals surface area contributed by atoms with E-state index in [1.165, 1.54) is 141 Å². The number of ether oxygens (including phenoxy) is 3. The van der Waals surface area contributed by atoms with Gasteiger partial charge in [-0.05, 0) is 25.2 Å². The maximum Gasteiger partial charge on any atom is 0.306 e. The first kappa shape index (κ1) is 49.4. The minimum absolute atomic E-state index is 0.0641. The molecule has 6 heteroatoms. The molecule has 0 bridgehead atoms. The lowest BCUT2D eigenvalue weighted by Crippen LogP contribution is -2.30. The Balaban J connectivity index is 4.31. The van der Waals surface area contributed by atoms with Crippen LogP contribution in [-0.4, -0.2) is 37.2 Å². The molecule has 51 heavy (non-hydrogen) atoms. The molecule has 0 aromatic carbocycles. The van der Waals surface area contributed by atoms with Crippen molar-refractivity contribution in [2.24, 2.45) is 5.92 Å². The van der Waals surface area contributed by atoms with Crippen LogP contribution in [0.5, 0.6) is 0 Å². The van der Waals surface area contributed by atoms with Crippen LogP contribution in [0.25, 0.3) is 0 Å². The quantitative estimate of drug-likeness (QED) is 0.0356. The summed E-state index contributed by atoms with van der Waals surface area (Å²) in [6.07, 6.45) is 38.0. The monoisotopic (exact) mass is 723 g/mol. The van der Waals surface area contributed by atoms with E-state index in [2.05, 4.69) is 27.7 Å². The number of unbranched alkanes of at least 4 members (excludes halogenated alkanes) is 27. The van der Waals surface area contributed by atoms with Gasteiger partial charge in [0.2, 0.25) is 0 Å². The molecule has 0 N–H and O–H groups in total. The summed E-state index contributed by atoms with van der Waals surface area (Å²) < 4.78 is 16.7. The van der Waals surface area contributed by atoms with E-state index < -0.39 is 6.10 Å². The largest absolute Gasteiger partial charge is 0.462 e. The summed E-state index contributed by atoms with van der Waals surface area (Å²) >= 11 is 0. The van der Waals surface area contributed by atoms with E-state index in [0.29, 0.717) is 19.3 Å². The second-order valence-electron chi connectivity index (χ2n) is 15.8. The summed E-state index contributed by atoms with van der Waals surface area (Å²) in [6.45, 7) is 8.95. The number of esters is 3. The molecule has 0 radical (unpaired) electrons. The Hall–Kier alpha value is -1.59. The zero-order chi connectivity index (χ0) is 37.5. The van der Waals surface area contributed by atoms with Crippen molar-refractivity contribution in [1.82, 2.24) is 0 Å². The van der Waals surface area contributed by atoms with Crippen molar-refractivity contribution in [2.75, 3.05) is 13.2 Å². The first-order chi connectivity index (χ1) is 24.9. The van der Waals surface area contributed by atoms with Crippen molar-refractivity contribution in [3.8, 4) is 0 Å². The van der Waals surface area contributed by atoms with Crippen molar-refractivity contribution < 1.29 is 28.6 Å². The molecule has 6 nitrogen and oxygen atoms in total. The molecule has 0 amide bonds. The highest BCUT2D eigenvalue weighted by atomic mass is 16.6. The van der Waals surface area contributed by atoms with Crippen LogP contribution in [0.4, 0.5) is 0 Å². The zero-order valence-corrected chi connectivity index (χ0v) is 34.6. The van der Waals surface area contributed by atoms with E-state index in [1.54, 1.807) is 0 Å². The maximum atomic E-state index is 12.6. The van der Waals surface area contributed by atoms with Crippen molar-refractivity contribution in [3.05, 3.63) is 0 Å². The molecule has 0 aliphatic heterocycles. The van der Waals surface area contributed by atoms with E-state index in [9.17, 15) is 14.4 Å². The number of carbonyl (C=O) groups excluding carboxylic acids is 3. The molecule has 0 heterocycles. The summed E-state index contributed by atoms with van der Waals surface area (Å²) in [4.78, 5) is 37.6. The number of hydrogen-bond donors (Lipinski definition) is 0. The van der Waals surface area contributed by atoms with Gasteiger partial charge >= 0.3 is 17.9 Å². The first-order valence-electron chi connectivity index (χ1n) is 22.4. The van der Waals surface area contributed by atoms with Gasteiger partial charge in [0, 0.05) is 19.3 Å². The summed E-state index contributed by atoms with van der Waals surface area (Å²) in [5, 5.41) is 0. The molecule has 0 saturated carbocycles. The molecular formula is C45H86O6. The lowest BCUT2D eigenvalue weighted by Gasteiger charge is -2.18. The number of rotatable bonds is 40. The lowest BCUT2D eigenvalue weighted by molar-refractivity contribution is -0.167. The smallest absolute Gasteiger partial charge is 0.306 e. The van der Waals surface area contributed by atoms with Crippen LogP contribution in [0.1, 0.15) is 246 Å². The Kier molecular flexibility index (Phi) is 38.4. The fourth-order valence-corrected chi connectivity index (χ4v) is 6.63. The highest BCUT2D eigenvalue weighted by molar-refractivity contribution is 5.71. The molecule has 0 aromatic rings. The molecule has 0 spiro atoms. The average Bonchev–Trinajstić information content (AvgIpc) is 3.11. The second kappa shape index (κ2) is 39.6. The summed E-state index contributed by atoms with van der Waals surface area (Å²) in [5.41, 5.74) is 0. The van der Waals surface area contributed by atoms with Crippen LogP contribution < -0.4 is 0 Å². The molecule has 0 unspecified atom stereocenters. The number of hydrogen-bond acceptors (Lipinski definition) is 6. The predicted octanol–water partition coefficient (Wildman–Crippen LogP) is 13.9. The van der Waals surface area contributed by atoms with Gasteiger partial charge in [-0.2, -0.15) is 0 Å². The number of carbonyl (C=O) groups is 3. The van der Waals surface area contributed by atoms with E-state index in [0.717, 1.165) is 63.7 Å². The highest BCUT2D eigenvalue weighted by Crippen LogP contribution is 2.16. The van der Waals surface area contributed by atoms with Crippen LogP contribution >= 0.6 is 0 Å². The van der Waals surface area contributed by atoms with Crippen molar-refractivity contribution in [3.63, 3.8) is 0 Å². The maximum absolute atomic E-state index is 12.6. The predicted molar refractivity (Wildman–Crippen MR) is 215 cm³/mol. The van der Waals surface area contributed by atoms with E-state index in [1.807, 2.05) is 0 Å². The molecular weight excluding hydrogens is 636 g/mol. The van der Waals surface area contributed by atoms with Crippen LogP contribution in [0.15, 0.2) is 0 Å². The van der Waals surface area contributed by atoms with Crippen molar-refractivity contribution >= 4 is 17.9 Å². The van der Waals surface area contributed by atoms with Crippen LogP contribution in [0, 0.1) is 5.92 Å². The van der Waals surface area contributed by atoms with E-state index >= 15 is 0 Å². The minimum atomic E-state index is -0.758. The summed E-state index contributed by atoms with van der Waals surface area (Å²) in [5.74, 6) is -0.0499. The molecule has 0 aliphatic carbocycles. The van der Waals surface area contributed by atoms with Gasteiger partial charge in [-0.1, -0.05) is 207 Å². The molecule has 0 aromatic heterocycles. The Morgan fingerprint density at radius 3 is 0.961 bits per heavy atom. The topological polar surface area (TPSA) is 78.9 Å². The fourth-order valence-electron chi connectivity index (χ4n) is 6.63. The Morgan fingerprint density at radius 2 is 0.647 bits per heavy atom. The standard InChI is InChI=1S/C45H86O6/c1-5-7-9-11-13-15-16-17-21-24-28-32-36-43(46)49-39-42(51-45(48)38-34-30-26-19-14-12-10-8-6-2)40-50-44(47)37-33-29-25-22-18-20-23-27-31-35-41(3)4/h41-42H,5-40H2,1-4H3/t42-/m1/s1. The molecule has 1 atom stereocenters. The normalized spacial score (nSPS) is 11.9. The molecule has 0 saturated heterocycles. The van der Waals surface area contributed by atoms with Gasteiger partial charge in [0.1, 0.15) is 13.2 Å². The van der Waals surface area contributed by atoms with Gasteiger partial charge in [-0.3, -0.25) is 14.4 Å². The van der Waals surface area contributed by atoms with Gasteiger partial charge in [-0.25, -0.2) is 0 Å². The van der Waals surface area contributed by atoms with Crippen LogP contribution in [-0.2, 0) is 28.6 Å². The van der Waals surface area contributed by atoms with Crippen molar-refractivity contribution in [1.29, 1.82) is 0 Å². The first-order valence-corrected chi connectivity index (χ1v) is 22.4. The molecule has 0 fully saturated rings. The third kappa shape index (κ3) is 39.5.